The molecule has 1 saturated heterocycles. The molecular weight excluding hydrogens is 488 g/mol. The number of hydrogen-bond donors (Lipinski definition) is 4. The van der Waals surface area contributed by atoms with Crippen molar-refractivity contribution in [3.63, 3.8) is 0 Å². The van der Waals surface area contributed by atoms with Crippen molar-refractivity contribution in [2.45, 2.75) is 21.5 Å². The number of thiazole rings is 1. The van der Waals surface area contributed by atoms with Gasteiger partial charge in [0.15, 0.2) is 15.0 Å². The highest BCUT2D eigenvalue weighted by Gasteiger charge is 2.37. The number of para-hydroxylation sites is 1. The van der Waals surface area contributed by atoms with Crippen LogP contribution in [0.1, 0.15) is 6.42 Å². The van der Waals surface area contributed by atoms with Gasteiger partial charge in [-0.2, -0.15) is 5.21 Å². The van der Waals surface area contributed by atoms with Gasteiger partial charge in [0.1, 0.15) is 4.90 Å². The van der Waals surface area contributed by atoms with Gasteiger partial charge >= 0.3 is 0 Å². The Bertz CT molecular complexity index is 1570. The van der Waals surface area contributed by atoms with E-state index in [4.69, 9.17) is 10.9 Å². The zero-order valence-electron chi connectivity index (χ0n) is 16.9. The van der Waals surface area contributed by atoms with Gasteiger partial charge in [-0.05, 0) is 35.9 Å². The van der Waals surface area contributed by atoms with Gasteiger partial charge in [0.05, 0.1) is 25.9 Å². The molecule has 1 aliphatic heterocycles. The third-order valence-corrected chi connectivity index (χ3v) is 9.67. The zero-order chi connectivity index (χ0) is 23.4. The van der Waals surface area contributed by atoms with Crippen molar-refractivity contribution in [1.29, 1.82) is 0 Å². The van der Waals surface area contributed by atoms with Crippen LogP contribution in [0.25, 0.3) is 32.7 Å². The molecule has 0 aliphatic carbocycles. The van der Waals surface area contributed by atoms with E-state index in [1.165, 1.54) is 23.5 Å². The second-order valence-corrected chi connectivity index (χ2v) is 12.2. The molecule has 0 bridgehead atoms. The van der Waals surface area contributed by atoms with Crippen LogP contribution < -0.4 is 16.2 Å². The summed E-state index contributed by atoms with van der Waals surface area (Å²) in [6.45, 7) is 0.723. The SMILES string of the molecule is Nc1nc2c(-c3ccc(S(=O)(=O)[C@@H]4CCNC4)c(S(N)(=O)=O)c3-c3nn[nH]n3)cccc2s1. The summed E-state index contributed by atoms with van der Waals surface area (Å²) in [6.07, 6.45) is 0.350. The number of nitrogens with zero attached hydrogens (tertiary/aromatic N) is 4. The summed E-state index contributed by atoms with van der Waals surface area (Å²) in [6, 6.07) is 8.09. The van der Waals surface area contributed by atoms with E-state index in [1.54, 1.807) is 12.1 Å². The van der Waals surface area contributed by atoms with E-state index in [1.807, 2.05) is 6.07 Å². The molecule has 12 nitrogen and oxygen atoms in total. The number of hydrogen-bond acceptors (Lipinski definition) is 11. The van der Waals surface area contributed by atoms with Crippen LogP contribution in [0.5, 0.6) is 0 Å². The van der Waals surface area contributed by atoms with Crippen molar-refractivity contribution >= 4 is 46.5 Å². The largest absolute Gasteiger partial charge is 0.375 e. The summed E-state index contributed by atoms with van der Waals surface area (Å²) in [5, 5.41) is 21.8. The normalized spacial score (nSPS) is 17.1. The first-order valence-electron chi connectivity index (χ1n) is 9.71. The lowest BCUT2D eigenvalue weighted by Gasteiger charge is -2.18. The van der Waals surface area contributed by atoms with Gasteiger partial charge in [-0.3, -0.25) is 0 Å². The van der Waals surface area contributed by atoms with Crippen LogP contribution in [0.4, 0.5) is 5.13 Å². The maximum Gasteiger partial charge on any atom is 0.240 e. The van der Waals surface area contributed by atoms with Gasteiger partial charge in [0, 0.05) is 12.1 Å². The summed E-state index contributed by atoms with van der Waals surface area (Å²) >= 11 is 1.27. The van der Waals surface area contributed by atoms with Crippen LogP contribution in [-0.2, 0) is 19.9 Å². The minimum atomic E-state index is -4.55. The number of benzene rings is 2. The lowest BCUT2D eigenvalue weighted by molar-refractivity contribution is 0.574. The number of H-pyrrole nitrogens is 1. The summed E-state index contributed by atoms with van der Waals surface area (Å²) in [7, 11) is -8.59. The molecule has 0 saturated carbocycles. The Balaban J connectivity index is 1.90. The fraction of sp³-hybridized carbons (Fsp3) is 0.222. The predicted octanol–water partition coefficient (Wildman–Crippen LogP) is 0.509. The Morgan fingerprint density at radius 2 is 1.91 bits per heavy atom. The smallest absolute Gasteiger partial charge is 0.240 e. The fourth-order valence-corrected chi connectivity index (χ4v) is 8.07. The number of sulfonamides is 1. The highest BCUT2D eigenvalue weighted by molar-refractivity contribution is 7.94. The third-order valence-electron chi connectivity index (χ3n) is 5.46. The number of rotatable bonds is 5. The molecule has 2 aromatic carbocycles. The van der Waals surface area contributed by atoms with E-state index >= 15 is 0 Å². The second kappa shape index (κ2) is 7.81. The average Bonchev–Trinajstić information content (AvgIpc) is 3.52. The van der Waals surface area contributed by atoms with Crippen molar-refractivity contribution < 1.29 is 16.8 Å². The van der Waals surface area contributed by atoms with Crippen molar-refractivity contribution in [2.24, 2.45) is 5.14 Å². The van der Waals surface area contributed by atoms with Gasteiger partial charge in [-0.15, -0.1) is 10.2 Å². The van der Waals surface area contributed by atoms with E-state index in [2.05, 4.69) is 30.9 Å². The van der Waals surface area contributed by atoms with Crippen LogP contribution in [-0.4, -0.2) is 60.8 Å². The van der Waals surface area contributed by atoms with Crippen LogP contribution in [0.3, 0.4) is 0 Å². The molecule has 6 N–H and O–H groups in total. The highest BCUT2D eigenvalue weighted by Crippen LogP contribution is 2.42. The molecule has 1 fully saturated rings. The fourth-order valence-electron chi connectivity index (χ4n) is 4.04. The number of tetrazole rings is 1. The first kappa shape index (κ1) is 21.8. The molecule has 2 aromatic heterocycles. The number of anilines is 1. The molecule has 3 heterocycles. The van der Waals surface area contributed by atoms with E-state index in [-0.39, 0.29) is 17.9 Å². The predicted molar refractivity (Wildman–Crippen MR) is 122 cm³/mol. The molecule has 172 valence electrons. The van der Waals surface area contributed by atoms with Gasteiger partial charge in [-0.25, -0.2) is 27.0 Å². The first-order chi connectivity index (χ1) is 15.7. The van der Waals surface area contributed by atoms with Crippen LogP contribution in [0.15, 0.2) is 40.1 Å². The number of nitrogens with two attached hydrogens (primary N) is 2. The molecule has 0 amide bonds. The molecule has 4 aromatic rings. The van der Waals surface area contributed by atoms with Crippen LogP contribution in [0, 0.1) is 0 Å². The van der Waals surface area contributed by atoms with E-state index < -0.39 is 34.9 Å². The van der Waals surface area contributed by atoms with E-state index in [9.17, 15) is 16.8 Å². The Hall–Kier alpha value is -2.98. The first-order valence-corrected chi connectivity index (χ1v) is 13.6. The van der Waals surface area contributed by atoms with Crippen molar-refractivity contribution in [2.75, 3.05) is 18.8 Å². The van der Waals surface area contributed by atoms with Gasteiger partial charge in [0.2, 0.25) is 15.8 Å². The molecule has 15 heteroatoms. The van der Waals surface area contributed by atoms with Crippen LogP contribution >= 0.6 is 11.3 Å². The lowest BCUT2D eigenvalue weighted by atomic mass is 9.98. The number of nitrogen functional groups attached to an aromatic ring is 1. The Labute approximate surface area is 192 Å². The number of primary sulfonamides is 1. The molecule has 1 aliphatic rings. The highest BCUT2D eigenvalue weighted by atomic mass is 32.2. The molecule has 0 unspecified atom stereocenters. The maximum atomic E-state index is 13.4. The number of aromatic amines is 1. The number of fused-ring (bicyclic) bond motifs is 1. The van der Waals surface area contributed by atoms with E-state index in [0.717, 1.165) is 4.70 Å². The quantitative estimate of drug-likeness (QED) is 0.295. The van der Waals surface area contributed by atoms with Gasteiger partial charge in [0.25, 0.3) is 0 Å². The molecule has 0 spiro atoms. The Morgan fingerprint density at radius 1 is 1.09 bits per heavy atom. The summed E-state index contributed by atoms with van der Waals surface area (Å²) in [5.41, 5.74) is 7.20. The molecular formula is C18H18N8O4S3. The van der Waals surface area contributed by atoms with Crippen molar-refractivity contribution in [3.8, 4) is 22.5 Å². The summed E-state index contributed by atoms with van der Waals surface area (Å²) in [5.74, 6) is -0.115. The minimum absolute atomic E-state index is 0.0719. The molecule has 0 radical (unpaired) electrons. The third kappa shape index (κ3) is 3.67. The maximum absolute atomic E-state index is 13.4. The molecule has 5 rings (SSSR count). The van der Waals surface area contributed by atoms with Crippen molar-refractivity contribution in [1.82, 2.24) is 30.9 Å². The summed E-state index contributed by atoms with van der Waals surface area (Å²) < 4.78 is 53.4. The van der Waals surface area contributed by atoms with Crippen molar-refractivity contribution in [3.05, 3.63) is 30.3 Å². The topological polar surface area (TPSA) is 200 Å². The minimum Gasteiger partial charge on any atom is -0.375 e. The monoisotopic (exact) mass is 506 g/mol. The number of nitrogens with one attached hydrogen (secondary N) is 2. The standard InChI is InChI=1S/C18H18N8O4S3/c19-18-22-15-11(2-1-3-12(15)31-18)10-4-5-13(32(27,28)9-6-7-21-8-9)16(33(20,29)30)14(10)17-23-25-26-24-17/h1-5,9,21H,6-8H2,(H2,19,22)(H2,20,29,30)(H,23,24,25,26)/t9-/m1/s1. The van der Waals surface area contributed by atoms with Crippen LogP contribution in [0.2, 0.25) is 0 Å². The number of sulfone groups is 1. The molecule has 33 heavy (non-hydrogen) atoms. The zero-order valence-corrected chi connectivity index (χ0v) is 19.3. The van der Waals surface area contributed by atoms with E-state index in [0.29, 0.717) is 34.7 Å². The van der Waals surface area contributed by atoms with Gasteiger partial charge < -0.3 is 11.1 Å². The Kier molecular flexibility index (Phi) is 5.17. The lowest BCUT2D eigenvalue weighted by Crippen LogP contribution is -2.27. The summed E-state index contributed by atoms with van der Waals surface area (Å²) in [4.78, 5) is 3.39. The molecule has 1 atom stereocenters. The number of aromatic nitrogens is 5. The second-order valence-electron chi connectivity index (χ2n) is 7.46. The Morgan fingerprint density at radius 3 is 2.58 bits per heavy atom. The average molecular weight is 507 g/mol. The van der Waals surface area contributed by atoms with Gasteiger partial charge in [-0.1, -0.05) is 29.5 Å².